The van der Waals surface area contributed by atoms with Gasteiger partial charge in [-0.1, -0.05) is 0 Å². The number of phosphoric acid groups is 1. The molecule has 0 aromatic carbocycles. The molecule has 0 aliphatic rings. The van der Waals surface area contributed by atoms with Gasteiger partial charge in [0.1, 0.15) is 0 Å². The Bertz CT molecular complexity index is 87.6. The first-order valence-corrected chi connectivity index (χ1v) is 4.15. The summed E-state index contributed by atoms with van der Waals surface area (Å²) in [6.45, 7) is 0. The number of rotatable bonds is 0. The SMILES string of the molecule is O=P(O)(O)O.OP(O)O.[CaH2].[Zn]. The van der Waals surface area contributed by atoms with Crippen LogP contribution in [-0.2, 0) is 24.0 Å². The van der Waals surface area contributed by atoms with Crippen LogP contribution in [0.2, 0.25) is 0 Å². The van der Waals surface area contributed by atoms with E-state index >= 15 is 0 Å². The molecule has 0 aliphatic carbocycles. The molecule has 0 spiro atoms. The quantitative estimate of drug-likeness (QED) is 0.211. The topological polar surface area (TPSA) is 138 Å². The van der Waals surface area contributed by atoms with Gasteiger partial charge < -0.3 is 29.4 Å². The third-order valence-electron chi connectivity index (χ3n) is 0. The minimum atomic E-state index is -4.64. The van der Waals surface area contributed by atoms with Gasteiger partial charge in [-0.2, -0.15) is 0 Å². The van der Waals surface area contributed by atoms with Gasteiger partial charge >= 0.3 is 54.2 Å². The molecule has 0 aromatic rings. The predicted molar refractivity (Wildman–Crippen MR) is 36.4 cm³/mol. The molecule has 0 radical (unpaired) electrons. The molecule has 0 amide bonds. The number of hydrogen-bond acceptors (Lipinski definition) is 4. The molecule has 0 fully saturated rings. The second-order valence-corrected chi connectivity index (χ2v) is 2.34. The maximum absolute atomic E-state index is 8.88. The summed E-state index contributed by atoms with van der Waals surface area (Å²) in [7, 11) is -7.26. The molecule has 0 aromatic heterocycles. The fourth-order valence-corrected chi connectivity index (χ4v) is 0. The van der Waals surface area contributed by atoms with Crippen LogP contribution >= 0.6 is 16.4 Å². The summed E-state index contributed by atoms with van der Waals surface area (Å²) in [6, 6.07) is 0. The van der Waals surface area contributed by atoms with E-state index in [1.165, 1.54) is 0 Å². The average Bonchev–Trinajstić information content (AvgIpc) is 1.19. The van der Waals surface area contributed by atoms with Crippen LogP contribution in [0.15, 0.2) is 0 Å². The van der Waals surface area contributed by atoms with Gasteiger partial charge in [0.25, 0.3) is 0 Å². The second-order valence-electron chi connectivity index (χ2n) is 0.782. The van der Waals surface area contributed by atoms with Crippen molar-refractivity contribution in [3.05, 3.63) is 0 Å². The van der Waals surface area contributed by atoms with Gasteiger partial charge in [-0.25, -0.2) is 4.57 Å². The van der Waals surface area contributed by atoms with Crippen LogP contribution in [-0.4, -0.2) is 67.1 Å². The Morgan fingerprint density at radius 3 is 1.00 bits per heavy atom. The third kappa shape index (κ3) is 246. The standard InChI is InChI=1S/Ca.H3O4P.H3O3P.Zn.2H/c;1-5(2,3)4;1-4(2)3;;;/h;(H3,1,2,3,4);1-3H;;;. The first-order chi connectivity index (χ1) is 3.73. The molecule has 7 nitrogen and oxygen atoms in total. The zero-order valence-electron chi connectivity index (χ0n) is 4.69. The molecule has 0 aliphatic heterocycles. The van der Waals surface area contributed by atoms with Crippen LogP contribution in [0.5, 0.6) is 0 Å². The van der Waals surface area contributed by atoms with E-state index in [0.29, 0.717) is 0 Å². The van der Waals surface area contributed by atoms with Crippen LogP contribution in [0.1, 0.15) is 0 Å². The van der Waals surface area contributed by atoms with Gasteiger partial charge in [-0.05, 0) is 0 Å². The molecule has 0 saturated carbocycles. The summed E-state index contributed by atoms with van der Waals surface area (Å²) < 4.78 is 8.88. The summed E-state index contributed by atoms with van der Waals surface area (Å²) in [5.41, 5.74) is 0. The van der Waals surface area contributed by atoms with E-state index in [1.807, 2.05) is 0 Å². The predicted octanol–water partition coefficient (Wildman–Crippen LogP) is -2.66. The molecule has 0 bridgehead atoms. The van der Waals surface area contributed by atoms with Gasteiger partial charge in [0.2, 0.25) is 0 Å². The monoisotopic (exact) mass is 286 g/mol. The Hall–Kier alpha value is 2.30. The molecule has 6 N–H and O–H groups in total. The van der Waals surface area contributed by atoms with Crippen molar-refractivity contribution in [1.82, 2.24) is 0 Å². The zero-order chi connectivity index (χ0) is 8.08. The van der Waals surface area contributed by atoms with Gasteiger partial charge in [0, 0.05) is 19.5 Å². The Balaban J connectivity index is -0.0000000383. The Morgan fingerprint density at radius 2 is 1.00 bits per heavy atom. The zero-order valence-corrected chi connectivity index (χ0v) is 9.45. The van der Waals surface area contributed by atoms with Crippen LogP contribution in [0.25, 0.3) is 0 Å². The van der Waals surface area contributed by atoms with Gasteiger partial charge in [0.15, 0.2) is 0 Å². The van der Waals surface area contributed by atoms with E-state index in [2.05, 4.69) is 0 Å². The van der Waals surface area contributed by atoms with Crippen molar-refractivity contribution in [3.63, 3.8) is 0 Å². The molecule has 11 heavy (non-hydrogen) atoms. The largest absolute Gasteiger partial charge is 0 e. The van der Waals surface area contributed by atoms with Crippen LogP contribution in [0, 0.1) is 0 Å². The minimum Gasteiger partial charge on any atom is 0 e. The molecule has 0 atom stereocenters. The Labute approximate surface area is 106 Å². The smallest absolute Gasteiger partial charge is 0 e. The van der Waals surface area contributed by atoms with Crippen LogP contribution in [0.4, 0.5) is 0 Å². The molecular formula is H8CaO7P2Zn. The van der Waals surface area contributed by atoms with E-state index < -0.39 is 16.4 Å². The Kier molecular flexibility index (Phi) is 26.0. The van der Waals surface area contributed by atoms with E-state index in [-0.39, 0.29) is 57.2 Å². The third-order valence-corrected chi connectivity index (χ3v) is 0. The van der Waals surface area contributed by atoms with Crippen LogP contribution in [0.3, 0.4) is 0 Å². The first kappa shape index (κ1) is 23.3. The molecular weight excluding hydrogens is 279 g/mol. The number of hydrogen-bond donors (Lipinski definition) is 6. The van der Waals surface area contributed by atoms with Gasteiger partial charge in [-0.3, -0.25) is 0 Å². The normalized spacial score (nSPS) is 8.64. The van der Waals surface area contributed by atoms with E-state index in [4.69, 9.17) is 33.9 Å². The minimum absolute atomic E-state index is 0. The molecule has 64 valence electrons. The molecule has 0 heterocycles. The average molecular weight is 287 g/mol. The molecule has 11 heteroatoms. The maximum atomic E-state index is 8.88. The van der Waals surface area contributed by atoms with Crippen molar-refractivity contribution in [3.8, 4) is 0 Å². The fourth-order valence-electron chi connectivity index (χ4n) is 0. The van der Waals surface area contributed by atoms with Crippen molar-refractivity contribution in [2.75, 3.05) is 0 Å². The van der Waals surface area contributed by atoms with E-state index in [1.54, 1.807) is 0 Å². The summed E-state index contributed by atoms with van der Waals surface area (Å²) in [6.07, 6.45) is 0. The summed E-state index contributed by atoms with van der Waals surface area (Å²) in [5.74, 6) is 0. The fraction of sp³-hybridized carbons (Fsp3) is 0. The van der Waals surface area contributed by atoms with Crippen molar-refractivity contribution in [1.29, 1.82) is 0 Å². The van der Waals surface area contributed by atoms with Gasteiger partial charge in [0.05, 0.1) is 0 Å². The Morgan fingerprint density at radius 1 is 1.00 bits per heavy atom. The van der Waals surface area contributed by atoms with Gasteiger partial charge in [-0.15, -0.1) is 0 Å². The van der Waals surface area contributed by atoms with Crippen molar-refractivity contribution in [2.24, 2.45) is 0 Å². The summed E-state index contributed by atoms with van der Waals surface area (Å²) in [5, 5.41) is 0. The summed E-state index contributed by atoms with van der Waals surface area (Å²) >= 11 is 0. The first-order valence-electron chi connectivity index (χ1n) is 1.38. The molecule has 0 unspecified atom stereocenters. The van der Waals surface area contributed by atoms with Crippen LogP contribution < -0.4 is 0 Å². The summed E-state index contributed by atoms with van der Waals surface area (Å²) in [4.78, 5) is 43.3. The van der Waals surface area contributed by atoms with E-state index in [9.17, 15) is 0 Å². The maximum Gasteiger partial charge on any atom is 0 e. The van der Waals surface area contributed by atoms with E-state index in [0.717, 1.165) is 0 Å². The van der Waals surface area contributed by atoms with Crippen molar-refractivity contribution >= 4 is 54.2 Å². The second kappa shape index (κ2) is 12.3. The molecule has 0 rings (SSSR count). The van der Waals surface area contributed by atoms with Crippen molar-refractivity contribution in [2.45, 2.75) is 0 Å². The molecule has 0 saturated heterocycles. The van der Waals surface area contributed by atoms with Crippen molar-refractivity contribution < 1.29 is 53.4 Å².